The first-order chi connectivity index (χ1) is 16.1. The number of nitrogens with zero attached hydrogens (tertiary/aromatic N) is 3. The Morgan fingerprint density at radius 3 is 2.91 bits per heavy atom. The van der Waals surface area contributed by atoms with E-state index < -0.39 is 11.8 Å². The number of pyridine rings is 1. The van der Waals surface area contributed by atoms with Gasteiger partial charge in [0.2, 0.25) is 0 Å². The predicted molar refractivity (Wildman–Crippen MR) is 121 cm³/mol. The van der Waals surface area contributed by atoms with Gasteiger partial charge in [0.25, 0.3) is 0 Å². The van der Waals surface area contributed by atoms with Crippen LogP contribution in [0.25, 0.3) is 17.5 Å². The molecule has 0 saturated carbocycles. The molecule has 8 heteroatoms. The van der Waals surface area contributed by atoms with Crippen molar-refractivity contribution in [1.82, 2.24) is 14.8 Å². The van der Waals surface area contributed by atoms with E-state index in [1.165, 1.54) is 18.2 Å². The van der Waals surface area contributed by atoms with Crippen molar-refractivity contribution >= 4 is 12.0 Å². The highest BCUT2D eigenvalue weighted by Crippen LogP contribution is 2.28. The van der Waals surface area contributed by atoms with E-state index >= 15 is 0 Å². The Morgan fingerprint density at radius 1 is 1.27 bits per heavy atom. The van der Waals surface area contributed by atoms with Crippen molar-refractivity contribution in [2.45, 2.75) is 39.0 Å². The number of carbonyl (C=O) groups is 1. The third-order valence-corrected chi connectivity index (χ3v) is 5.25. The first kappa shape index (κ1) is 22.7. The minimum atomic E-state index is -0.505. The number of esters is 1. The van der Waals surface area contributed by atoms with Crippen molar-refractivity contribution in [1.29, 1.82) is 0 Å². The van der Waals surface area contributed by atoms with Gasteiger partial charge in [0.1, 0.15) is 18.2 Å². The summed E-state index contributed by atoms with van der Waals surface area (Å²) in [5.74, 6) is -0.372. The average Bonchev–Trinajstić information content (AvgIpc) is 3.33. The number of carbonyl (C=O) groups excluding carboxylic acids is 1. The van der Waals surface area contributed by atoms with Gasteiger partial charge in [-0.05, 0) is 62.1 Å². The first-order valence-electron chi connectivity index (χ1n) is 11.0. The molecule has 1 atom stereocenters. The molecule has 0 bridgehead atoms. The molecule has 2 aromatic heterocycles. The second-order valence-corrected chi connectivity index (χ2v) is 7.59. The molecule has 0 N–H and O–H groups in total. The Labute approximate surface area is 191 Å². The maximum absolute atomic E-state index is 14.3. The maximum atomic E-state index is 14.3. The standard InChI is InChI=1S/C25H26FN3O4/c1-2-31-25(30)11-8-19-7-6-18(15-21(19)26)17-33-20-9-10-22(27-16-20)23-12-13-28-29(23)24-5-3-4-14-32-24/h6-13,15-16,24H,2-5,14,17H2,1H3/b11-8+. The minimum absolute atomic E-state index is 0.0634. The van der Waals surface area contributed by atoms with Crippen LogP contribution >= 0.6 is 0 Å². The van der Waals surface area contributed by atoms with Crippen LogP contribution < -0.4 is 4.74 Å². The van der Waals surface area contributed by atoms with Gasteiger partial charge in [0.05, 0.1) is 24.2 Å². The second-order valence-electron chi connectivity index (χ2n) is 7.59. The van der Waals surface area contributed by atoms with Crippen molar-refractivity contribution in [2.24, 2.45) is 0 Å². The molecule has 1 saturated heterocycles. The molecule has 3 heterocycles. The fourth-order valence-electron chi connectivity index (χ4n) is 3.59. The number of ether oxygens (including phenoxy) is 3. The van der Waals surface area contributed by atoms with Crippen LogP contribution in [0.4, 0.5) is 4.39 Å². The smallest absolute Gasteiger partial charge is 0.330 e. The van der Waals surface area contributed by atoms with Crippen LogP contribution in [-0.4, -0.2) is 33.9 Å². The Kier molecular flexibility index (Phi) is 7.47. The molecule has 1 aliphatic rings. The van der Waals surface area contributed by atoms with Crippen molar-refractivity contribution in [3.05, 3.63) is 71.8 Å². The fraction of sp³-hybridized carbons (Fsp3) is 0.320. The molecule has 4 rings (SSSR count). The third-order valence-electron chi connectivity index (χ3n) is 5.25. The highest BCUT2D eigenvalue weighted by molar-refractivity contribution is 5.87. The Hall–Kier alpha value is -3.52. The molecule has 7 nitrogen and oxygen atoms in total. The van der Waals surface area contributed by atoms with Gasteiger partial charge in [-0.2, -0.15) is 5.10 Å². The summed E-state index contributed by atoms with van der Waals surface area (Å²) in [4.78, 5) is 15.9. The number of halogens is 1. The Morgan fingerprint density at radius 2 is 2.18 bits per heavy atom. The van der Waals surface area contributed by atoms with Crippen molar-refractivity contribution < 1.29 is 23.4 Å². The van der Waals surface area contributed by atoms with Crippen LogP contribution in [0.3, 0.4) is 0 Å². The zero-order chi connectivity index (χ0) is 23.0. The van der Waals surface area contributed by atoms with Crippen LogP contribution in [0.15, 0.2) is 54.9 Å². The van der Waals surface area contributed by atoms with Crippen LogP contribution in [0.1, 0.15) is 43.5 Å². The number of rotatable bonds is 8. The number of aromatic nitrogens is 3. The molecule has 1 unspecified atom stereocenters. The second kappa shape index (κ2) is 10.9. The zero-order valence-corrected chi connectivity index (χ0v) is 18.4. The quantitative estimate of drug-likeness (QED) is 0.357. The molecule has 1 fully saturated rings. The van der Waals surface area contributed by atoms with Gasteiger partial charge < -0.3 is 14.2 Å². The molecule has 172 valence electrons. The van der Waals surface area contributed by atoms with Gasteiger partial charge in [0.15, 0.2) is 6.23 Å². The Balaban J connectivity index is 1.37. The summed E-state index contributed by atoms with van der Waals surface area (Å²) in [5, 5.41) is 4.42. The molecule has 0 radical (unpaired) electrons. The molecule has 0 amide bonds. The van der Waals surface area contributed by atoms with E-state index in [1.807, 2.05) is 22.9 Å². The van der Waals surface area contributed by atoms with Gasteiger partial charge in [-0.25, -0.2) is 13.9 Å². The van der Waals surface area contributed by atoms with E-state index in [0.717, 1.165) is 37.3 Å². The van der Waals surface area contributed by atoms with Crippen LogP contribution in [0, 0.1) is 5.82 Å². The molecular formula is C25H26FN3O4. The fourth-order valence-corrected chi connectivity index (χ4v) is 3.59. The molecule has 0 spiro atoms. The lowest BCUT2D eigenvalue weighted by Gasteiger charge is -2.24. The summed E-state index contributed by atoms with van der Waals surface area (Å²) in [7, 11) is 0. The normalized spacial score (nSPS) is 16.1. The topological polar surface area (TPSA) is 75.5 Å². The number of benzene rings is 1. The van der Waals surface area contributed by atoms with Gasteiger partial charge in [-0.15, -0.1) is 0 Å². The SMILES string of the molecule is CCOC(=O)/C=C/c1ccc(COc2ccc(-c3ccnn3C3CCCCO3)nc2)cc1F. The highest BCUT2D eigenvalue weighted by atomic mass is 19.1. The van der Waals surface area contributed by atoms with Gasteiger partial charge in [-0.3, -0.25) is 4.98 Å². The molecule has 33 heavy (non-hydrogen) atoms. The number of hydrogen-bond acceptors (Lipinski definition) is 6. The van der Waals surface area contributed by atoms with E-state index in [-0.39, 0.29) is 19.4 Å². The third kappa shape index (κ3) is 5.84. The lowest BCUT2D eigenvalue weighted by atomic mass is 10.1. The molecule has 1 aromatic carbocycles. The molecule has 1 aliphatic heterocycles. The minimum Gasteiger partial charge on any atom is -0.487 e. The number of hydrogen-bond donors (Lipinski definition) is 0. The summed E-state index contributed by atoms with van der Waals surface area (Å²) in [6, 6.07) is 10.3. The van der Waals surface area contributed by atoms with Crippen molar-refractivity contribution in [3.63, 3.8) is 0 Å². The highest BCUT2D eigenvalue weighted by Gasteiger charge is 2.20. The summed E-state index contributed by atoms with van der Waals surface area (Å²) in [6.45, 7) is 2.92. The van der Waals surface area contributed by atoms with Crippen LogP contribution in [0.2, 0.25) is 0 Å². The molecule has 0 aliphatic carbocycles. The summed E-state index contributed by atoms with van der Waals surface area (Å²) in [6.07, 6.45) is 9.06. The monoisotopic (exact) mass is 451 g/mol. The van der Waals surface area contributed by atoms with Gasteiger partial charge in [0, 0.05) is 24.4 Å². The van der Waals surface area contributed by atoms with Gasteiger partial charge in [-0.1, -0.05) is 12.1 Å². The van der Waals surface area contributed by atoms with E-state index in [0.29, 0.717) is 16.9 Å². The lowest BCUT2D eigenvalue weighted by Crippen LogP contribution is -2.20. The first-order valence-corrected chi connectivity index (χ1v) is 11.0. The van der Waals surface area contributed by atoms with Gasteiger partial charge >= 0.3 is 5.97 Å². The summed E-state index contributed by atoms with van der Waals surface area (Å²) >= 11 is 0. The van der Waals surface area contributed by atoms with E-state index in [1.54, 1.807) is 31.5 Å². The van der Waals surface area contributed by atoms with Crippen molar-refractivity contribution in [3.8, 4) is 17.1 Å². The average molecular weight is 451 g/mol. The molecular weight excluding hydrogens is 425 g/mol. The predicted octanol–water partition coefficient (Wildman–Crippen LogP) is 4.94. The van der Waals surface area contributed by atoms with E-state index in [9.17, 15) is 9.18 Å². The van der Waals surface area contributed by atoms with Crippen molar-refractivity contribution in [2.75, 3.05) is 13.2 Å². The van der Waals surface area contributed by atoms with E-state index in [2.05, 4.69) is 10.1 Å². The summed E-state index contributed by atoms with van der Waals surface area (Å²) in [5.41, 5.74) is 2.63. The van der Waals surface area contributed by atoms with Crippen LogP contribution in [0.5, 0.6) is 5.75 Å². The summed E-state index contributed by atoms with van der Waals surface area (Å²) < 4.78 is 32.6. The largest absolute Gasteiger partial charge is 0.487 e. The Bertz CT molecular complexity index is 1110. The lowest BCUT2D eigenvalue weighted by molar-refractivity contribution is -0.137. The zero-order valence-electron chi connectivity index (χ0n) is 18.4. The maximum Gasteiger partial charge on any atom is 0.330 e. The van der Waals surface area contributed by atoms with Crippen LogP contribution in [-0.2, 0) is 20.9 Å². The van der Waals surface area contributed by atoms with E-state index in [4.69, 9.17) is 14.2 Å². The molecule has 3 aromatic rings.